The van der Waals surface area contributed by atoms with Crippen molar-refractivity contribution in [1.29, 1.82) is 0 Å². The maximum atomic E-state index is 13.4. The van der Waals surface area contributed by atoms with Gasteiger partial charge in [-0.25, -0.2) is 22.8 Å². The molecule has 0 unspecified atom stereocenters. The molecule has 12 heteroatoms. The zero-order valence-corrected chi connectivity index (χ0v) is 19.5. The minimum Gasteiger partial charge on any atom is -0.493 e. The highest BCUT2D eigenvalue weighted by atomic mass is 32.2. The fraction of sp³-hybridized carbons (Fsp3) is 0.333. The van der Waals surface area contributed by atoms with E-state index in [1.54, 1.807) is 6.07 Å². The van der Waals surface area contributed by atoms with Crippen molar-refractivity contribution in [3.63, 3.8) is 0 Å². The van der Waals surface area contributed by atoms with Crippen LogP contribution in [0.2, 0.25) is 0 Å². The zero-order chi connectivity index (χ0) is 25.5. The van der Waals surface area contributed by atoms with Crippen LogP contribution in [-0.4, -0.2) is 44.3 Å². The van der Waals surface area contributed by atoms with Crippen molar-refractivity contribution in [2.45, 2.75) is 35.3 Å². The summed E-state index contributed by atoms with van der Waals surface area (Å²) in [5, 5.41) is 0. The van der Waals surface area contributed by atoms with E-state index in [9.17, 15) is 26.0 Å². The molecule has 2 aromatic carbocycles. The molecule has 36 heavy (non-hydrogen) atoms. The van der Waals surface area contributed by atoms with Gasteiger partial charge >= 0.3 is 6.18 Å². The molecular formula is C24H20F4N2O5S. The van der Waals surface area contributed by atoms with Gasteiger partial charge in [-0.1, -0.05) is 12.1 Å². The summed E-state index contributed by atoms with van der Waals surface area (Å²) in [6.07, 6.45) is -2.63. The van der Waals surface area contributed by atoms with E-state index in [1.165, 1.54) is 18.2 Å². The summed E-state index contributed by atoms with van der Waals surface area (Å²) in [5.74, 6) is -1.22. The second kappa shape index (κ2) is 9.32. The minimum absolute atomic E-state index is 0.0367. The summed E-state index contributed by atoms with van der Waals surface area (Å²) in [5.41, 5.74) is 0.362. The second-order valence-electron chi connectivity index (χ2n) is 8.49. The lowest BCUT2D eigenvalue weighted by Crippen LogP contribution is -2.39. The SMILES string of the molecule is O=S(=O)(Cc1ncc(F)cn1)c1ccc2c(c1)OCC[C@@H]2c1ccc(C(F)(F)F)cc1OC1COC1. The van der Waals surface area contributed by atoms with Crippen LogP contribution in [0.5, 0.6) is 11.5 Å². The first-order valence-corrected chi connectivity index (χ1v) is 12.7. The predicted octanol–water partition coefficient (Wildman–Crippen LogP) is 4.30. The van der Waals surface area contributed by atoms with Crippen molar-refractivity contribution in [2.24, 2.45) is 0 Å². The molecule has 5 rings (SSSR count). The Morgan fingerprint density at radius 1 is 1.03 bits per heavy atom. The molecule has 0 amide bonds. The van der Waals surface area contributed by atoms with Crippen molar-refractivity contribution in [3.05, 3.63) is 77.1 Å². The van der Waals surface area contributed by atoms with Crippen LogP contribution >= 0.6 is 0 Å². The highest BCUT2D eigenvalue weighted by Gasteiger charge is 2.34. The van der Waals surface area contributed by atoms with E-state index in [-0.39, 0.29) is 35.1 Å². The van der Waals surface area contributed by atoms with Gasteiger partial charge in [-0.15, -0.1) is 0 Å². The normalized spacial score (nSPS) is 18.2. The van der Waals surface area contributed by atoms with Gasteiger partial charge in [0, 0.05) is 17.0 Å². The molecule has 2 aliphatic rings. The van der Waals surface area contributed by atoms with E-state index in [1.807, 2.05) is 0 Å². The number of nitrogens with zero attached hydrogens (tertiary/aromatic N) is 2. The smallest absolute Gasteiger partial charge is 0.416 e. The minimum atomic E-state index is -4.53. The first-order chi connectivity index (χ1) is 17.1. The van der Waals surface area contributed by atoms with Crippen molar-refractivity contribution in [3.8, 4) is 11.5 Å². The van der Waals surface area contributed by atoms with Crippen molar-refractivity contribution < 1.29 is 40.2 Å². The third kappa shape index (κ3) is 5.00. The lowest BCUT2D eigenvalue weighted by Gasteiger charge is -2.31. The van der Waals surface area contributed by atoms with Crippen molar-refractivity contribution >= 4 is 9.84 Å². The highest BCUT2D eigenvalue weighted by molar-refractivity contribution is 7.90. The molecule has 0 radical (unpaired) electrons. The molecule has 0 bridgehead atoms. The largest absolute Gasteiger partial charge is 0.493 e. The molecule has 0 aliphatic carbocycles. The molecule has 3 heterocycles. The van der Waals surface area contributed by atoms with E-state index in [0.717, 1.165) is 24.5 Å². The second-order valence-corrected chi connectivity index (χ2v) is 10.5. The molecule has 1 atom stereocenters. The lowest BCUT2D eigenvalue weighted by atomic mass is 9.85. The number of benzene rings is 2. The predicted molar refractivity (Wildman–Crippen MR) is 118 cm³/mol. The number of hydrogen-bond donors (Lipinski definition) is 0. The number of hydrogen-bond acceptors (Lipinski definition) is 7. The van der Waals surface area contributed by atoms with Crippen molar-refractivity contribution in [1.82, 2.24) is 9.97 Å². The van der Waals surface area contributed by atoms with Gasteiger partial charge in [0.25, 0.3) is 0 Å². The topological polar surface area (TPSA) is 87.6 Å². The molecule has 1 saturated heterocycles. The molecule has 1 fully saturated rings. The van der Waals surface area contributed by atoms with Crippen LogP contribution in [0.15, 0.2) is 53.7 Å². The number of aromatic nitrogens is 2. The summed E-state index contributed by atoms with van der Waals surface area (Å²) in [7, 11) is -3.87. The maximum absolute atomic E-state index is 13.4. The Morgan fingerprint density at radius 2 is 1.75 bits per heavy atom. The number of alkyl halides is 3. The number of sulfone groups is 1. The average molecular weight is 524 g/mol. The summed E-state index contributed by atoms with van der Waals surface area (Å²) in [6.45, 7) is 0.813. The quantitative estimate of drug-likeness (QED) is 0.445. The van der Waals surface area contributed by atoms with E-state index in [2.05, 4.69) is 9.97 Å². The molecule has 3 aromatic rings. The first-order valence-electron chi connectivity index (χ1n) is 11.0. The van der Waals surface area contributed by atoms with Crippen LogP contribution in [0.25, 0.3) is 0 Å². The molecule has 0 N–H and O–H groups in total. The van der Waals surface area contributed by atoms with Crippen LogP contribution in [0.1, 0.15) is 34.9 Å². The Kier molecular flexibility index (Phi) is 6.33. The monoisotopic (exact) mass is 524 g/mol. The lowest BCUT2D eigenvalue weighted by molar-refractivity contribution is -0.138. The van der Waals surface area contributed by atoms with Gasteiger partial charge in [0.05, 0.1) is 42.7 Å². The molecule has 190 valence electrons. The molecule has 0 spiro atoms. The molecule has 1 aromatic heterocycles. The van der Waals surface area contributed by atoms with E-state index in [4.69, 9.17) is 14.2 Å². The molecular weight excluding hydrogens is 504 g/mol. The molecule has 0 saturated carbocycles. The Bertz CT molecular complexity index is 1380. The van der Waals surface area contributed by atoms with Crippen LogP contribution in [0, 0.1) is 5.82 Å². The number of halogens is 4. The summed E-state index contributed by atoms with van der Waals surface area (Å²) < 4.78 is 95.6. The van der Waals surface area contributed by atoms with Gasteiger partial charge in [-0.2, -0.15) is 13.2 Å². The van der Waals surface area contributed by atoms with E-state index in [0.29, 0.717) is 36.5 Å². The number of fused-ring (bicyclic) bond motifs is 1. The van der Waals surface area contributed by atoms with Gasteiger partial charge < -0.3 is 14.2 Å². The van der Waals surface area contributed by atoms with Crippen LogP contribution in [0.3, 0.4) is 0 Å². The standard InChI is InChI=1S/C24H20F4N2O5S/c25-15-9-29-23(30-10-15)13-36(31,32)17-2-4-19-18(5-6-34-21(19)8-17)20-3-1-14(24(26,27)28)7-22(20)35-16-11-33-12-16/h1-4,7-10,16,18H,5-6,11-13H2/t18-/m0/s1. The number of ether oxygens (including phenoxy) is 3. The Labute approximate surface area is 204 Å². The zero-order valence-electron chi connectivity index (χ0n) is 18.7. The van der Waals surface area contributed by atoms with Crippen LogP contribution < -0.4 is 9.47 Å². The third-order valence-corrected chi connectivity index (χ3v) is 7.60. The fourth-order valence-electron chi connectivity index (χ4n) is 4.12. The van der Waals surface area contributed by atoms with Gasteiger partial charge in [0.2, 0.25) is 0 Å². The number of rotatable bonds is 6. The maximum Gasteiger partial charge on any atom is 0.416 e. The van der Waals surface area contributed by atoms with Gasteiger partial charge in [-0.05, 0) is 30.7 Å². The molecule has 7 nitrogen and oxygen atoms in total. The summed E-state index contributed by atoms with van der Waals surface area (Å²) in [4.78, 5) is 7.36. The Balaban J connectivity index is 1.47. The third-order valence-electron chi connectivity index (χ3n) is 5.99. The molecule has 2 aliphatic heterocycles. The fourth-order valence-corrected chi connectivity index (χ4v) is 5.33. The highest BCUT2D eigenvalue weighted by Crippen LogP contribution is 2.44. The summed E-state index contributed by atoms with van der Waals surface area (Å²) >= 11 is 0. The van der Waals surface area contributed by atoms with E-state index >= 15 is 0 Å². The van der Waals surface area contributed by atoms with Gasteiger partial charge in [0.1, 0.15) is 29.2 Å². The van der Waals surface area contributed by atoms with Gasteiger partial charge in [-0.3, -0.25) is 0 Å². The van der Waals surface area contributed by atoms with Crippen LogP contribution in [0.4, 0.5) is 17.6 Å². The average Bonchev–Trinajstić information content (AvgIpc) is 2.81. The first kappa shape index (κ1) is 24.4. The Morgan fingerprint density at radius 3 is 2.42 bits per heavy atom. The van der Waals surface area contributed by atoms with Gasteiger partial charge in [0.15, 0.2) is 15.7 Å². The Hall–Kier alpha value is -3.25. The van der Waals surface area contributed by atoms with Crippen LogP contribution in [-0.2, 0) is 26.5 Å². The van der Waals surface area contributed by atoms with E-state index < -0.39 is 33.1 Å². The van der Waals surface area contributed by atoms with Crippen molar-refractivity contribution in [2.75, 3.05) is 19.8 Å². The summed E-state index contributed by atoms with van der Waals surface area (Å²) in [6, 6.07) is 7.77.